The fourth-order valence-corrected chi connectivity index (χ4v) is 2.33. The zero-order valence-electron chi connectivity index (χ0n) is 9.98. The van der Waals surface area contributed by atoms with Crippen LogP contribution in [-0.2, 0) is 0 Å². The van der Waals surface area contributed by atoms with E-state index in [0.717, 1.165) is 5.69 Å². The van der Waals surface area contributed by atoms with E-state index < -0.39 is 0 Å². The average molecular weight is 269 g/mol. The van der Waals surface area contributed by atoms with Crippen molar-refractivity contribution < 1.29 is 4.79 Å². The quantitative estimate of drug-likeness (QED) is 0.793. The summed E-state index contributed by atoms with van der Waals surface area (Å²) >= 11 is 1.49. The lowest BCUT2D eigenvalue weighted by molar-refractivity contribution is 0.102. The van der Waals surface area contributed by atoms with Gasteiger partial charge in [-0.3, -0.25) is 4.79 Å². The summed E-state index contributed by atoms with van der Waals surface area (Å²) < 4.78 is 1.73. The first-order valence-corrected chi connectivity index (χ1v) is 6.72. The van der Waals surface area contributed by atoms with Crippen molar-refractivity contribution in [2.75, 3.05) is 5.32 Å². The number of aromatic nitrogens is 2. The fourth-order valence-electron chi connectivity index (χ4n) is 1.70. The van der Waals surface area contributed by atoms with Crippen molar-refractivity contribution in [1.29, 1.82) is 0 Å². The Morgan fingerprint density at radius 1 is 1.16 bits per heavy atom. The highest BCUT2D eigenvalue weighted by Crippen LogP contribution is 2.12. The molecule has 19 heavy (non-hydrogen) atoms. The second-order valence-corrected chi connectivity index (χ2v) is 4.73. The molecule has 0 saturated carbocycles. The molecule has 0 radical (unpaired) electrons. The van der Waals surface area contributed by atoms with Gasteiger partial charge in [0, 0.05) is 17.6 Å². The van der Waals surface area contributed by atoms with Crippen LogP contribution in [0.3, 0.4) is 0 Å². The lowest BCUT2D eigenvalue weighted by atomic mass is 10.3. The van der Waals surface area contributed by atoms with E-state index in [9.17, 15) is 4.79 Å². The Morgan fingerprint density at radius 2 is 2.00 bits per heavy atom. The van der Waals surface area contributed by atoms with Crippen LogP contribution in [0.5, 0.6) is 0 Å². The lowest BCUT2D eigenvalue weighted by Gasteiger charge is -2.01. The van der Waals surface area contributed by atoms with Crippen molar-refractivity contribution in [3.8, 4) is 5.69 Å². The van der Waals surface area contributed by atoms with Gasteiger partial charge in [0.1, 0.15) is 0 Å². The summed E-state index contributed by atoms with van der Waals surface area (Å²) in [5.74, 6) is 0.402. The van der Waals surface area contributed by atoms with Crippen molar-refractivity contribution in [1.82, 2.24) is 9.78 Å². The maximum atomic E-state index is 11.9. The summed E-state index contributed by atoms with van der Waals surface area (Å²) in [7, 11) is 0. The van der Waals surface area contributed by atoms with E-state index in [0.29, 0.717) is 11.4 Å². The zero-order valence-corrected chi connectivity index (χ0v) is 10.8. The maximum absolute atomic E-state index is 11.9. The Morgan fingerprint density at radius 3 is 2.74 bits per heavy atom. The third kappa shape index (κ3) is 2.56. The number of anilines is 1. The van der Waals surface area contributed by atoms with Crippen molar-refractivity contribution >= 4 is 23.1 Å². The van der Waals surface area contributed by atoms with Gasteiger partial charge in [0.25, 0.3) is 5.91 Å². The topological polar surface area (TPSA) is 46.9 Å². The van der Waals surface area contributed by atoms with Crippen LogP contribution in [0.15, 0.2) is 59.4 Å². The van der Waals surface area contributed by atoms with Gasteiger partial charge >= 0.3 is 0 Å². The van der Waals surface area contributed by atoms with E-state index in [1.165, 1.54) is 11.3 Å². The molecule has 0 aliphatic heterocycles. The molecule has 3 rings (SSSR count). The first-order valence-electron chi connectivity index (χ1n) is 5.77. The third-order valence-electron chi connectivity index (χ3n) is 2.63. The highest BCUT2D eigenvalue weighted by Gasteiger charge is 2.08. The molecule has 2 aromatic heterocycles. The predicted molar refractivity (Wildman–Crippen MR) is 75.8 cm³/mol. The van der Waals surface area contributed by atoms with E-state index in [4.69, 9.17) is 0 Å². The number of para-hydroxylation sites is 1. The molecular formula is C14H11N3OS. The van der Waals surface area contributed by atoms with E-state index >= 15 is 0 Å². The highest BCUT2D eigenvalue weighted by atomic mass is 32.1. The minimum absolute atomic E-state index is 0.139. The number of carbonyl (C=O) groups excluding carboxylic acids is 1. The molecule has 1 aromatic carbocycles. The fraction of sp³-hybridized carbons (Fsp3) is 0. The number of carbonyl (C=O) groups is 1. The highest BCUT2D eigenvalue weighted by molar-refractivity contribution is 7.08. The maximum Gasteiger partial charge on any atom is 0.257 e. The molecule has 0 aliphatic rings. The summed E-state index contributed by atoms with van der Waals surface area (Å²) in [6, 6.07) is 13.3. The van der Waals surface area contributed by atoms with E-state index in [-0.39, 0.29) is 5.91 Å². The van der Waals surface area contributed by atoms with Crippen LogP contribution in [0, 0.1) is 0 Å². The van der Waals surface area contributed by atoms with Gasteiger partial charge in [0.15, 0.2) is 5.82 Å². The second kappa shape index (κ2) is 5.07. The predicted octanol–water partition coefficient (Wildman–Crippen LogP) is 3.19. The molecule has 0 saturated heterocycles. The monoisotopic (exact) mass is 269 g/mol. The van der Waals surface area contributed by atoms with Crippen LogP contribution in [0.25, 0.3) is 5.69 Å². The zero-order chi connectivity index (χ0) is 13.1. The molecule has 0 aliphatic carbocycles. The van der Waals surface area contributed by atoms with Crippen molar-refractivity contribution in [3.05, 3.63) is 65.0 Å². The molecule has 4 nitrogen and oxygen atoms in total. The number of nitrogens with zero attached hydrogens (tertiary/aromatic N) is 2. The van der Waals surface area contributed by atoms with Gasteiger partial charge in [-0.05, 0) is 23.6 Å². The number of hydrogen-bond acceptors (Lipinski definition) is 3. The molecule has 5 heteroatoms. The minimum atomic E-state index is -0.139. The van der Waals surface area contributed by atoms with Gasteiger partial charge in [-0.25, -0.2) is 4.68 Å². The average Bonchev–Trinajstić information content (AvgIpc) is 3.11. The lowest BCUT2D eigenvalue weighted by Crippen LogP contribution is -2.11. The number of thiophene rings is 1. The number of benzene rings is 1. The van der Waals surface area contributed by atoms with Crippen LogP contribution in [0.4, 0.5) is 5.82 Å². The Balaban J connectivity index is 1.77. The van der Waals surface area contributed by atoms with Crippen LogP contribution in [0.1, 0.15) is 10.4 Å². The van der Waals surface area contributed by atoms with Gasteiger partial charge in [-0.1, -0.05) is 18.2 Å². The van der Waals surface area contributed by atoms with Crippen LogP contribution in [-0.4, -0.2) is 15.7 Å². The molecule has 0 atom stereocenters. The molecule has 0 bridgehead atoms. The molecule has 0 unspecified atom stereocenters. The molecule has 1 amide bonds. The van der Waals surface area contributed by atoms with Gasteiger partial charge in [-0.2, -0.15) is 16.4 Å². The van der Waals surface area contributed by atoms with Crippen molar-refractivity contribution in [2.24, 2.45) is 0 Å². The molecular weight excluding hydrogens is 258 g/mol. The Labute approximate surface area is 114 Å². The van der Waals surface area contributed by atoms with E-state index in [1.54, 1.807) is 16.8 Å². The summed E-state index contributed by atoms with van der Waals surface area (Å²) in [6.45, 7) is 0. The summed E-state index contributed by atoms with van der Waals surface area (Å²) in [4.78, 5) is 11.9. The van der Waals surface area contributed by atoms with Crippen LogP contribution >= 0.6 is 11.3 Å². The summed E-state index contributed by atoms with van der Waals surface area (Å²) in [5, 5.41) is 10.8. The van der Waals surface area contributed by atoms with Gasteiger partial charge < -0.3 is 5.32 Å². The van der Waals surface area contributed by atoms with Gasteiger partial charge in [-0.15, -0.1) is 0 Å². The minimum Gasteiger partial charge on any atom is -0.305 e. The van der Waals surface area contributed by atoms with Gasteiger partial charge in [0.05, 0.1) is 11.3 Å². The van der Waals surface area contributed by atoms with E-state index in [1.807, 2.05) is 47.3 Å². The smallest absolute Gasteiger partial charge is 0.257 e. The SMILES string of the molecule is O=C(Nc1ccn(-c2ccccc2)n1)c1ccsc1. The largest absolute Gasteiger partial charge is 0.305 e. The van der Waals surface area contributed by atoms with Crippen LogP contribution in [0.2, 0.25) is 0 Å². The van der Waals surface area contributed by atoms with Gasteiger partial charge in [0.2, 0.25) is 0 Å². The van der Waals surface area contributed by atoms with Crippen molar-refractivity contribution in [3.63, 3.8) is 0 Å². The molecule has 0 fully saturated rings. The summed E-state index contributed by atoms with van der Waals surface area (Å²) in [5.41, 5.74) is 1.61. The molecule has 2 heterocycles. The molecule has 3 aromatic rings. The molecule has 1 N–H and O–H groups in total. The molecule has 0 spiro atoms. The number of amides is 1. The van der Waals surface area contributed by atoms with Crippen LogP contribution < -0.4 is 5.32 Å². The number of nitrogens with one attached hydrogen (secondary N) is 1. The number of hydrogen-bond donors (Lipinski definition) is 1. The first-order chi connectivity index (χ1) is 9.33. The summed E-state index contributed by atoms with van der Waals surface area (Å²) in [6.07, 6.45) is 1.82. The normalized spacial score (nSPS) is 10.3. The molecule has 94 valence electrons. The van der Waals surface area contributed by atoms with E-state index in [2.05, 4.69) is 10.4 Å². The second-order valence-electron chi connectivity index (χ2n) is 3.95. The number of rotatable bonds is 3. The third-order valence-corrected chi connectivity index (χ3v) is 3.32. The van der Waals surface area contributed by atoms with Crippen molar-refractivity contribution in [2.45, 2.75) is 0 Å². The Bertz CT molecular complexity index is 674. The standard InChI is InChI=1S/C14H11N3OS/c18-14(11-7-9-19-10-11)15-13-6-8-17(16-13)12-4-2-1-3-5-12/h1-10H,(H,15,16,18). The first kappa shape index (κ1) is 11.7. The Hall–Kier alpha value is -2.40. The Kier molecular flexibility index (Phi) is 3.12.